The van der Waals surface area contributed by atoms with Gasteiger partial charge in [0.2, 0.25) is 5.91 Å². The molecule has 35 heavy (non-hydrogen) atoms. The van der Waals surface area contributed by atoms with Crippen LogP contribution in [0.25, 0.3) is 11.3 Å². The second-order valence-corrected chi connectivity index (χ2v) is 8.64. The zero-order valence-electron chi connectivity index (χ0n) is 18.6. The minimum absolute atomic E-state index is 0.211. The first-order valence-electron chi connectivity index (χ1n) is 11.0. The van der Waals surface area contributed by atoms with Crippen molar-refractivity contribution in [1.29, 1.82) is 5.26 Å². The fraction of sp³-hybridized carbons (Fsp3) is 0.240. The number of benzene rings is 2. The number of halogens is 1. The predicted octanol–water partition coefficient (Wildman–Crippen LogP) is 2.67. The minimum Gasteiger partial charge on any atom is -0.393 e. The molecule has 0 aliphatic carbocycles. The molecule has 1 aliphatic heterocycles. The summed E-state index contributed by atoms with van der Waals surface area (Å²) in [6.45, 7) is 0.471. The number of carbonyl (C=O) groups excluding carboxylic acids is 2. The molecule has 2 heterocycles. The van der Waals surface area contributed by atoms with E-state index in [1.807, 2.05) is 6.07 Å². The van der Waals surface area contributed by atoms with Gasteiger partial charge in [-0.3, -0.25) is 14.4 Å². The Balaban J connectivity index is 1.51. The molecule has 10 heteroatoms. The molecule has 1 saturated heterocycles. The molecule has 0 unspecified atom stereocenters. The monoisotopic (exact) mass is 491 g/mol. The van der Waals surface area contributed by atoms with E-state index in [1.54, 1.807) is 35.2 Å². The van der Waals surface area contributed by atoms with Crippen LogP contribution in [-0.4, -0.2) is 50.8 Å². The van der Waals surface area contributed by atoms with Crippen molar-refractivity contribution < 1.29 is 14.7 Å². The first kappa shape index (κ1) is 24.1. The van der Waals surface area contributed by atoms with Gasteiger partial charge in [-0.1, -0.05) is 23.7 Å². The molecule has 0 saturated carbocycles. The Morgan fingerprint density at radius 3 is 2.51 bits per heavy atom. The summed E-state index contributed by atoms with van der Waals surface area (Å²) in [6.07, 6.45) is 0.559. The molecule has 0 radical (unpaired) electrons. The van der Waals surface area contributed by atoms with Crippen molar-refractivity contribution in [2.24, 2.45) is 0 Å². The van der Waals surface area contributed by atoms with E-state index in [1.165, 1.54) is 24.3 Å². The van der Waals surface area contributed by atoms with E-state index in [0.717, 1.165) is 10.2 Å². The highest BCUT2D eigenvalue weighted by atomic mass is 35.5. The number of hydrogen-bond donors (Lipinski definition) is 2. The SMILES string of the molecule is N#Cc1cc(NC(=O)Cn2nc(-c3ccc(Cl)cc3)ccc2=O)cc(C(=O)N2CCC(O)CC2)c1. The van der Waals surface area contributed by atoms with Gasteiger partial charge in [0.1, 0.15) is 6.54 Å². The second-order valence-electron chi connectivity index (χ2n) is 8.20. The summed E-state index contributed by atoms with van der Waals surface area (Å²) in [5, 5.41) is 26.5. The Hall–Kier alpha value is -4.00. The number of aliphatic hydroxyl groups is 1. The highest BCUT2D eigenvalue weighted by Crippen LogP contribution is 2.20. The van der Waals surface area contributed by atoms with Crippen LogP contribution < -0.4 is 10.9 Å². The van der Waals surface area contributed by atoms with Gasteiger partial charge in [-0.2, -0.15) is 10.4 Å². The Morgan fingerprint density at radius 1 is 1.11 bits per heavy atom. The maximum Gasteiger partial charge on any atom is 0.267 e. The van der Waals surface area contributed by atoms with Crippen molar-refractivity contribution in [2.75, 3.05) is 18.4 Å². The summed E-state index contributed by atoms with van der Waals surface area (Å²) >= 11 is 5.92. The molecule has 1 aromatic heterocycles. The first-order valence-corrected chi connectivity index (χ1v) is 11.4. The van der Waals surface area contributed by atoms with Gasteiger partial charge >= 0.3 is 0 Å². The Kier molecular flexibility index (Phi) is 7.25. The van der Waals surface area contributed by atoms with E-state index in [9.17, 15) is 24.8 Å². The number of aliphatic hydroxyl groups excluding tert-OH is 1. The van der Waals surface area contributed by atoms with Crippen LogP contribution in [0.2, 0.25) is 5.02 Å². The van der Waals surface area contributed by atoms with Gasteiger partial charge in [-0.05, 0) is 49.2 Å². The molecule has 9 nitrogen and oxygen atoms in total. The number of carbonyl (C=O) groups is 2. The standard InChI is InChI=1S/C25H22ClN5O4/c26-19-3-1-17(2-4-19)22-5-6-24(34)31(29-22)15-23(33)28-20-12-16(14-27)11-18(13-20)25(35)30-9-7-21(32)8-10-30/h1-6,11-13,21,32H,7-10,15H2,(H,28,33). The van der Waals surface area contributed by atoms with Crippen molar-refractivity contribution >= 4 is 29.1 Å². The average Bonchev–Trinajstić information content (AvgIpc) is 2.85. The van der Waals surface area contributed by atoms with E-state index < -0.39 is 17.6 Å². The van der Waals surface area contributed by atoms with Gasteiger partial charge in [0.05, 0.1) is 23.4 Å². The molecule has 0 bridgehead atoms. The number of nitrogens with zero attached hydrogens (tertiary/aromatic N) is 4. The number of aromatic nitrogens is 2. The molecule has 0 atom stereocenters. The lowest BCUT2D eigenvalue weighted by atomic mass is 10.0. The Morgan fingerprint density at radius 2 is 1.83 bits per heavy atom. The number of piperidine rings is 1. The quantitative estimate of drug-likeness (QED) is 0.564. The number of rotatable bonds is 5. The van der Waals surface area contributed by atoms with Gasteiger partial charge in [0.25, 0.3) is 11.5 Å². The number of nitrogens with one attached hydrogen (secondary N) is 1. The van der Waals surface area contributed by atoms with Gasteiger partial charge in [0, 0.05) is 41.0 Å². The van der Waals surface area contributed by atoms with E-state index in [4.69, 9.17) is 11.6 Å². The van der Waals surface area contributed by atoms with Crippen molar-refractivity contribution in [1.82, 2.24) is 14.7 Å². The van der Waals surface area contributed by atoms with Crippen LogP contribution in [0.4, 0.5) is 5.69 Å². The van der Waals surface area contributed by atoms with Gasteiger partial charge in [0.15, 0.2) is 0 Å². The molecular formula is C25H22ClN5O4. The number of anilines is 1. The van der Waals surface area contributed by atoms with Crippen molar-refractivity contribution in [3.05, 3.63) is 81.1 Å². The first-order chi connectivity index (χ1) is 16.8. The highest BCUT2D eigenvalue weighted by molar-refractivity contribution is 6.30. The lowest BCUT2D eigenvalue weighted by Gasteiger charge is -2.29. The molecular weight excluding hydrogens is 470 g/mol. The zero-order valence-corrected chi connectivity index (χ0v) is 19.4. The lowest BCUT2D eigenvalue weighted by Crippen LogP contribution is -2.40. The normalized spacial score (nSPS) is 13.8. The van der Waals surface area contributed by atoms with Crippen LogP contribution in [0.1, 0.15) is 28.8 Å². The number of nitriles is 1. The van der Waals surface area contributed by atoms with Crippen molar-refractivity contribution in [2.45, 2.75) is 25.5 Å². The third-order valence-corrected chi connectivity index (χ3v) is 5.90. The molecule has 1 aliphatic rings. The molecule has 2 N–H and O–H groups in total. The van der Waals surface area contributed by atoms with Crippen LogP contribution in [0.15, 0.2) is 59.4 Å². The third kappa shape index (κ3) is 5.93. The summed E-state index contributed by atoms with van der Waals surface area (Å²) in [5.41, 5.74) is 1.51. The molecule has 3 aromatic rings. The molecule has 2 amide bonds. The maximum absolute atomic E-state index is 12.9. The van der Waals surface area contributed by atoms with Gasteiger partial charge in [-0.25, -0.2) is 4.68 Å². The second kappa shape index (κ2) is 10.5. The van der Waals surface area contributed by atoms with Gasteiger partial charge < -0.3 is 15.3 Å². The minimum atomic E-state index is -0.539. The highest BCUT2D eigenvalue weighted by Gasteiger charge is 2.23. The maximum atomic E-state index is 12.9. The van der Waals surface area contributed by atoms with E-state index >= 15 is 0 Å². The molecule has 4 rings (SSSR count). The number of likely N-dealkylation sites (tertiary alicyclic amines) is 1. The number of hydrogen-bond acceptors (Lipinski definition) is 6. The predicted molar refractivity (Wildman–Crippen MR) is 130 cm³/mol. The fourth-order valence-electron chi connectivity index (χ4n) is 3.81. The lowest BCUT2D eigenvalue weighted by molar-refractivity contribution is -0.117. The molecule has 1 fully saturated rings. The molecule has 2 aromatic carbocycles. The Labute approximate surface area is 206 Å². The summed E-state index contributed by atoms with van der Waals surface area (Å²) in [4.78, 5) is 39.5. The largest absolute Gasteiger partial charge is 0.393 e. The van der Waals surface area contributed by atoms with Crippen molar-refractivity contribution in [3.63, 3.8) is 0 Å². The van der Waals surface area contributed by atoms with Gasteiger partial charge in [-0.15, -0.1) is 0 Å². The third-order valence-electron chi connectivity index (χ3n) is 5.64. The number of amides is 2. The summed E-state index contributed by atoms with van der Waals surface area (Å²) in [6, 6.07) is 16.2. The van der Waals surface area contributed by atoms with Crippen LogP contribution in [0, 0.1) is 11.3 Å². The van der Waals surface area contributed by atoms with E-state index in [0.29, 0.717) is 36.6 Å². The summed E-state index contributed by atoms with van der Waals surface area (Å²) in [7, 11) is 0. The summed E-state index contributed by atoms with van der Waals surface area (Å²) < 4.78 is 1.04. The van der Waals surface area contributed by atoms with E-state index in [-0.39, 0.29) is 29.3 Å². The summed E-state index contributed by atoms with van der Waals surface area (Å²) in [5.74, 6) is -0.819. The average molecular weight is 492 g/mol. The van der Waals surface area contributed by atoms with Crippen LogP contribution in [0.3, 0.4) is 0 Å². The van der Waals surface area contributed by atoms with Crippen LogP contribution in [-0.2, 0) is 11.3 Å². The molecule has 0 spiro atoms. The fourth-order valence-corrected chi connectivity index (χ4v) is 3.94. The zero-order chi connectivity index (χ0) is 24.9. The van der Waals surface area contributed by atoms with Crippen LogP contribution >= 0.6 is 11.6 Å². The smallest absolute Gasteiger partial charge is 0.267 e. The molecule has 178 valence electrons. The topological polar surface area (TPSA) is 128 Å². The van der Waals surface area contributed by atoms with Crippen molar-refractivity contribution in [3.8, 4) is 17.3 Å². The Bertz CT molecular complexity index is 1360. The van der Waals surface area contributed by atoms with Crippen LogP contribution in [0.5, 0.6) is 0 Å². The van der Waals surface area contributed by atoms with E-state index in [2.05, 4.69) is 10.4 Å².